The first-order valence-electron chi connectivity index (χ1n) is 11.0. The van der Waals surface area contributed by atoms with E-state index in [9.17, 15) is 27.6 Å². The van der Waals surface area contributed by atoms with Gasteiger partial charge in [0.1, 0.15) is 10.7 Å². The van der Waals surface area contributed by atoms with Crippen molar-refractivity contribution in [3.8, 4) is 11.3 Å². The zero-order chi connectivity index (χ0) is 27.3. The molecular weight excluding hydrogens is 529 g/mol. The van der Waals surface area contributed by atoms with E-state index in [4.69, 9.17) is 10.5 Å². The quantitative estimate of drug-likeness (QED) is 0.209. The van der Waals surface area contributed by atoms with Crippen LogP contribution in [0.5, 0.6) is 0 Å². The highest BCUT2D eigenvalue weighted by atomic mass is 32.2. The maximum absolute atomic E-state index is 13.5. The second-order valence-electron chi connectivity index (χ2n) is 7.79. The number of primary amides is 1. The Hall–Kier alpha value is -3.45. The molecule has 3 rings (SSSR count). The lowest BCUT2D eigenvalue weighted by atomic mass is 10.1. The number of amides is 2. The Labute approximate surface area is 218 Å². The third-order valence-electron chi connectivity index (χ3n) is 4.97. The highest BCUT2D eigenvalue weighted by molar-refractivity contribution is 8.00. The van der Waals surface area contributed by atoms with E-state index in [0.717, 1.165) is 29.2 Å². The van der Waals surface area contributed by atoms with Gasteiger partial charge in [0.25, 0.3) is 5.91 Å². The molecule has 0 radical (unpaired) electrons. The lowest BCUT2D eigenvalue weighted by Crippen LogP contribution is -2.24. The van der Waals surface area contributed by atoms with Gasteiger partial charge in [-0.05, 0) is 31.9 Å². The van der Waals surface area contributed by atoms with E-state index in [1.54, 1.807) is 30.3 Å². The van der Waals surface area contributed by atoms with Crippen LogP contribution >= 0.6 is 23.1 Å². The number of alkyl halides is 3. The number of nitrogens with zero attached hydrogens (tertiary/aromatic N) is 2. The number of carbonyl (C=O) groups is 3. The summed E-state index contributed by atoms with van der Waals surface area (Å²) >= 11 is 1.54. The van der Waals surface area contributed by atoms with Gasteiger partial charge in [0, 0.05) is 5.56 Å². The molecule has 0 spiro atoms. The number of anilines is 1. The van der Waals surface area contributed by atoms with Gasteiger partial charge in [0.2, 0.25) is 5.91 Å². The largest absolute Gasteiger partial charge is 0.462 e. The predicted molar refractivity (Wildman–Crippen MR) is 135 cm³/mol. The van der Waals surface area contributed by atoms with Crippen LogP contribution in [0, 0.1) is 6.92 Å². The molecular formula is C24H23F3N4O4S2. The Balaban J connectivity index is 1.88. The van der Waals surface area contributed by atoms with Gasteiger partial charge in [-0.1, -0.05) is 49.0 Å². The molecule has 2 amide bonds. The molecule has 2 heterocycles. The second-order valence-corrected chi connectivity index (χ2v) is 10.1. The van der Waals surface area contributed by atoms with Gasteiger partial charge in [0.15, 0.2) is 5.16 Å². The Morgan fingerprint density at radius 1 is 1.19 bits per heavy atom. The lowest BCUT2D eigenvalue weighted by molar-refractivity contribution is -0.141. The van der Waals surface area contributed by atoms with E-state index in [2.05, 4.69) is 15.3 Å². The molecule has 0 aliphatic carbocycles. The Bertz CT molecular complexity index is 1310. The summed E-state index contributed by atoms with van der Waals surface area (Å²) in [6.07, 6.45) is -4.16. The molecule has 0 unspecified atom stereocenters. The number of benzene rings is 1. The van der Waals surface area contributed by atoms with Crippen LogP contribution < -0.4 is 11.1 Å². The molecule has 13 heteroatoms. The lowest BCUT2D eigenvalue weighted by Gasteiger charge is -2.14. The minimum Gasteiger partial charge on any atom is -0.462 e. The van der Waals surface area contributed by atoms with Crippen molar-refractivity contribution >= 4 is 45.9 Å². The fourth-order valence-corrected chi connectivity index (χ4v) is 4.99. The average molecular weight is 553 g/mol. The van der Waals surface area contributed by atoms with Gasteiger partial charge in [-0.2, -0.15) is 13.2 Å². The smallest absolute Gasteiger partial charge is 0.433 e. The molecule has 0 saturated carbocycles. The summed E-state index contributed by atoms with van der Waals surface area (Å²) in [5.41, 5.74) is 5.03. The van der Waals surface area contributed by atoms with Crippen molar-refractivity contribution in [1.29, 1.82) is 0 Å². The summed E-state index contributed by atoms with van der Waals surface area (Å²) in [5, 5.41) is 1.41. The molecule has 3 aromatic rings. The van der Waals surface area contributed by atoms with Crippen LogP contribution in [0.1, 0.15) is 51.6 Å². The molecule has 0 fully saturated rings. The van der Waals surface area contributed by atoms with Crippen LogP contribution in [0.4, 0.5) is 18.2 Å². The van der Waals surface area contributed by atoms with Crippen LogP contribution in [0.3, 0.4) is 0 Å². The highest BCUT2D eigenvalue weighted by Crippen LogP contribution is 2.35. The summed E-state index contributed by atoms with van der Waals surface area (Å²) in [5.74, 6) is -2.15. The number of ether oxygens (including phenoxy) is 1. The molecule has 0 bridgehead atoms. The summed E-state index contributed by atoms with van der Waals surface area (Å²) in [7, 11) is 0. The number of hydrogen-bond acceptors (Lipinski definition) is 8. The number of esters is 1. The molecule has 196 valence electrons. The first-order valence-corrected chi connectivity index (χ1v) is 12.7. The summed E-state index contributed by atoms with van der Waals surface area (Å²) in [6.45, 7) is 4.91. The third kappa shape index (κ3) is 6.86. The van der Waals surface area contributed by atoms with Crippen LogP contribution in [0.25, 0.3) is 11.3 Å². The molecule has 0 aliphatic heterocycles. The van der Waals surface area contributed by atoms with Crippen LogP contribution in [0.15, 0.2) is 41.6 Å². The minimum atomic E-state index is -4.72. The maximum atomic E-state index is 13.5. The highest BCUT2D eigenvalue weighted by Gasteiger charge is 2.34. The van der Waals surface area contributed by atoms with Crippen molar-refractivity contribution in [2.75, 3.05) is 11.9 Å². The zero-order valence-corrected chi connectivity index (χ0v) is 21.6. The summed E-state index contributed by atoms with van der Waals surface area (Å²) < 4.78 is 45.7. The van der Waals surface area contributed by atoms with Crippen molar-refractivity contribution in [3.63, 3.8) is 0 Å². The molecule has 1 atom stereocenters. The number of halogens is 3. The summed E-state index contributed by atoms with van der Waals surface area (Å²) in [4.78, 5) is 45.2. The fraction of sp³-hybridized carbons (Fsp3) is 0.292. The third-order valence-corrected chi connectivity index (χ3v) is 7.15. The van der Waals surface area contributed by atoms with Crippen molar-refractivity contribution in [2.45, 2.75) is 43.8 Å². The number of carbonyl (C=O) groups excluding carboxylic acids is 3. The van der Waals surface area contributed by atoms with Gasteiger partial charge in [-0.3, -0.25) is 9.59 Å². The number of hydrogen-bond donors (Lipinski definition) is 2. The van der Waals surface area contributed by atoms with Crippen molar-refractivity contribution < 1.29 is 32.3 Å². The number of rotatable bonds is 9. The van der Waals surface area contributed by atoms with Crippen LogP contribution in [-0.2, 0) is 15.7 Å². The number of thiophene rings is 1. The molecule has 0 saturated heterocycles. The van der Waals surface area contributed by atoms with E-state index in [1.807, 2.05) is 6.92 Å². The second kappa shape index (κ2) is 11.7. The van der Waals surface area contributed by atoms with Crippen LogP contribution in [-0.4, -0.2) is 39.6 Å². The van der Waals surface area contributed by atoms with Crippen molar-refractivity contribution in [1.82, 2.24) is 9.97 Å². The molecule has 0 aliphatic rings. The Kier molecular flexibility index (Phi) is 8.92. The molecule has 2 aromatic heterocycles. The first kappa shape index (κ1) is 28.1. The van der Waals surface area contributed by atoms with Gasteiger partial charge in [-0.15, -0.1) is 11.3 Å². The average Bonchev–Trinajstić information content (AvgIpc) is 3.18. The topological polar surface area (TPSA) is 124 Å². The molecule has 1 aromatic carbocycles. The summed E-state index contributed by atoms with van der Waals surface area (Å²) in [6, 6.07) is 9.13. The van der Waals surface area contributed by atoms with Gasteiger partial charge >= 0.3 is 12.1 Å². The van der Waals surface area contributed by atoms with Crippen molar-refractivity contribution in [2.24, 2.45) is 5.73 Å². The predicted octanol–water partition coefficient (Wildman–Crippen LogP) is 5.32. The van der Waals surface area contributed by atoms with Gasteiger partial charge in [-0.25, -0.2) is 14.8 Å². The first-order chi connectivity index (χ1) is 17.4. The minimum absolute atomic E-state index is 0.000479. The van der Waals surface area contributed by atoms with Crippen molar-refractivity contribution in [3.05, 3.63) is 58.1 Å². The normalized spacial score (nSPS) is 12.2. The number of aromatic nitrogens is 2. The van der Waals surface area contributed by atoms with E-state index in [0.29, 0.717) is 12.0 Å². The van der Waals surface area contributed by atoms with E-state index in [-0.39, 0.29) is 38.5 Å². The molecule has 37 heavy (non-hydrogen) atoms. The standard InChI is InChI=1S/C24H23F3N4O4S2/c1-4-10-35-22(34)17-12(2)18(19(28)32)37-21(17)31-20(33)13(3)36-23-29-15(14-8-6-5-7-9-14)11-16(30-23)24(25,26)27/h5-9,11,13H,4,10H2,1-3H3,(H2,28,32)(H,31,33)/t13-/m0/s1. The SMILES string of the molecule is CCCOC(=O)c1c(NC(=O)[C@H](C)Sc2nc(-c3ccccc3)cc(C(F)(F)F)n2)sc(C(N)=O)c1C. The van der Waals surface area contributed by atoms with E-state index < -0.39 is 34.9 Å². The Morgan fingerprint density at radius 2 is 1.86 bits per heavy atom. The molecule has 8 nitrogen and oxygen atoms in total. The van der Waals surface area contributed by atoms with E-state index >= 15 is 0 Å². The van der Waals surface area contributed by atoms with Crippen LogP contribution in [0.2, 0.25) is 0 Å². The maximum Gasteiger partial charge on any atom is 0.433 e. The van der Waals surface area contributed by atoms with Gasteiger partial charge in [0.05, 0.1) is 28.0 Å². The van der Waals surface area contributed by atoms with Gasteiger partial charge < -0.3 is 15.8 Å². The molecule has 3 N–H and O–H groups in total. The number of nitrogens with one attached hydrogen (secondary N) is 1. The number of thioether (sulfide) groups is 1. The Morgan fingerprint density at radius 3 is 2.46 bits per heavy atom. The monoisotopic (exact) mass is 552 g/mol. The zero-order valence-electron chi connectivity index (χ0n) is 20.0. The number of nitrogens with two attached hydrogens (primary N) is 1. The fourth-order valence-electron chi connectivity index (χ4n) is 3.15. The van der Waals surface area contributed by atoms with E-state index in [1.165, 1.54) is 13.8 Å².